The number of ether oxygens (including phenoxy) is 1. The second-order valence-corrected chi connectivity index (χ2v) is 8.13. The van der Waals surface area contributed by atoms with Crippen molar-refractivity contribution in [1.82, 2.24) is 5.32 Å². The number of benzene rings is 4. The summed E-state index contributed by atoms with van der Waals surface area (Å²) in [5.41, 5.74) is 4.24. The van der Waals surface area contributed by atoms with Gasteiger partial charge in [-0.2, -0.15) is 0 Å². The van der Waals surface area contributed by atoms with Gasteiger partial charge in [-0.1, -0.05) is 66.2 Å². The largest absolute Gasteiger partial charge is 0.494 e. The Morgan fingerprint density at radius 3 is 2.58 bits per heavy atom. The van der Waals surface area contributed by atoms with Crippen LogP contribution in [0, 0.1) is 5.82 Å². The lowest BCUT2D eigenvalue weighted by atomic mass is 9.94. The Hall–Kier alpha value is -2.88. The van der Waals surface area contributed by atoms with Crippen molar-refractivity contribution < 1.29 is 9.13 Å². The molecule has 0 aromatic heterocycles. The molecule has 31 heavy (non-hydrogen) atoms. The molecule has 4 rings (SSSR count). The molecule has 0 saturated carbocycles. The Balaban J connectivity index is 1.58. The van der Waals surface area contributed by atoms with E-state index in [0.29, 0.717) is 0 Å². The normalized spacial score (nSPS) is 12.1. The van der Waals surface area contributed by atoms with E-state index in [1.165, 1.54) is 18.2 Å². The molecule has 1 N–H and O–H groups in total. The standard InChI is InChI=1S/C27H25ClFNO/c1-18(20-7-5-8-23(28)16-20)30-13-12-19-14-21-6-3-4-9-24(21)25(15-19)22-10-11-27(31-2)26(29)17-22/h3-11,14-18,30H,12-13H2,1-2H3. The quantitative estimate of drug-likeness (QED) is 0.332. The number of rotatable bonds is 7. The van der Waals surface area contributed by atoms with Crippen LogP contribution in [0.1, 0.15) is 24.1 Å². The zero-order valence-electron chi connectivity index (χ0n) is 17.7. The van der Waals surface area contributed by atoms with Crippen LogP contribution in [0.25, 0.3) is 21.9 Å². The van der Waals surface area contributed by atoms with Crippen LogP contribution >= 0.6 is 11.6 Å². The van der Waals surface area contributed by atoms with Crippen molar-refractivity contribution in [1.29, 1.82) is 0 Å². The van der Waals surface area contributed by atoms with E-state index >= 15 is 0 Å². The molecule has 4 aromatic rings. The number of nitrogens with one attached hydrogen (secondary N) is 1. The third kappa shape index (κ3) is 4.90. The van der Waals surface area contributed by atoms with Gasteiger partial charge < -0.3 is 10.1 Å². The van der Waals surface area contributed by atoms with Crippen LogP contribution in [-0.4, -0.2) is 13.7 Å². The number of fused-ring (bicyclic) bond motifs is 1. The third-order valence-corrected chi connectivity index (χ3v) is 5.83. The Kier molecular flexibility index (Phi) is 6.55. The van der Waals surface area contributed by atoms with E-state index < -0.39 is 0 Å². The lowest BCUT2D eigenvalue weighted by Crippen LogP contribution is -2.21. The summed E-state index contributed by atoms with van der Waals surface area (Å²) in [5.74, 6) is -0.102. The highest BCUT2D eigenvalue weighted by molar-refractivity contribution is 6.30. The van der Waals surface area contributed by atoms with E-state index in [-0.39, 0.29) is 17.6 Å². The van der Waals surface area contributed by atoms with Crippen LogP contribution in [0.15, 0.2) is 78.9 Å². The summed E-state index contributed by atoms with van der Waals surface area (Å²) in [5, 5.41) is 6.57. The molecular weight excluding hydrogens is 409 g/mol. The minimum Gasteiger partial charge on any atom is -0.494 e. The second kappa shape index (κ2) is 9.51. The highest BCUT2D eigenvalue weighted by Gasteiger charge is 2.11. The van der Waals surface area contributed by atoms with Gasteiger partial charge in [0.2, 0.25) is 0 Å². The fraction of sp³-hybridized carbons (Fsp3) is 0.185. The average Bonchev–Trinajstić information content (AvgIpc) is 2.78. The molecule has 0 bridgehead atoms. The predicted octanol–water partition coefficient (Wildman–Crippen LogP) is 7.20. The molecule has 0 aliphatic carbocycles. The summed E-state index contributed by atoms with van der Waals surface area (Å²) in [4.78, 5) is 0. The lowest BCUT2D eigenvalue weighted by molar-refractivity contribution is 0.386. The van der Waals surface area contributed by atoms with Crippen molar-refractivity contribution in [2.24, 2.45) is 0 Å². The molecule has 0 radical (unpaired) electrons. The molecule has 0 amide bonds. The molecule has 158 valence electrons. The monoisotopic (exact) mass is 433 g/mol. The first-order valence-electron chi connectivity index (χ1n) is 10.4. The van der Waals surface area contributed by atoms with Crippen LogP contribution < -0.4 is 10.1 Å². The van der Waals surface area contributed by atoms with E-state index in [0.717, 1.165) is 39.9 Å². The number of halogens is 2. The first-order valence-corrected chi connectivity index (χ1v) is 10.8. The van der Waals surface area contributed by atoms with Crippen LogP contribution in [-0.2, 0) is 6.42 Å². The molecule has 0 fully saturated rings. The summed E-state index contributed by atoms with van der Waals surface area (Å²) in [6, 6.07) is 25.9. The topological polar surface area (TPSA) is 21.3 Å². The zero-order chi connectivity index (χ0) is 21.8. The van der Waals surface area contributed by atoms with Crippen LogP contribution in [0.4, 0.5) is 4.39 Å². The van der Waals surface area contributed by atoms with Crippen molar-refractivity contribution in [2.45, 2.75) is 19.4 Å². The predicted molar refractivity (Wildman–Crippen MR) is 127 cm³/mol. The lowest BCUT2D eigenvalue weighted by Gasteiger charge is -2.16. The van der Waals surface area contributed by atoms with E-state index in [4.69, 9.17) is 16.3 Å². The Morgan fingerprint density at radius 2 is 1.81 bits per heavy atom. The van der Waals surface area contributed by atoms with Gasteiger partial charge in [0.05, 0.1) is 7.11 Å². The summed E-state index contributed by atoms with van der Waals surface area (Å²) in [6.07, 6.45) is 0.862. The fourth-order valence-corrected chi connectivity index (χ4v) is 4.12. The van der Waals surface area contributed by atoms with Crippen molar-refractivity contribution in [3.05, 3.63) is 101 Å². The molecule has 0 aliphatic heterocycles. The van der Waals surface area contributed by atoms with Gasteiger partial charge >= 0.3 is 0 Å². The maximum Gasteiger partial charge on any atom is 0.165 e. The number of hydrogen-bond donors (Lipinski definition) is 1. The molecule has 2 nitrogen and oxygen atoms in total. The van der Waals surface area contributed by atoms with E-state index in [9.17, 15) is 4.39 Å². The number of hydrogen-bond acceptors (Lipinski definition) is 2. The van der Waals surface area contributed by atoms with Gasteiger partial charge in [0.15, 0.2) is 11.6 Å². The van der Waals surface area contributed by atoms with Crippen LogP contribution in [0.2, 0.25) is 5.02 Å². The molecule has 4 heteroatoms. The van der Waals surface area contributed by atoms with Gasteiger partial charge in [-0.15, -0.1) is 0 Å². The Morgan fingerprint density at radius 1 is 0.968 bits per heavy atom. The molecule has 4 aromatic carbocycles. The third-order valence-electron chi connectivity index (χ3n) is 5.60. The zero-order valence-corrected chi connectivity index (χ0v) is 18.4. The van der Waals surface area contributed by atoms with Gasteiger partial charge in [0, 0.05) is 11.1 Å². The van der Waals surface area contributed by atoms with Crippen molar-refractivity contribution >= 4 is 22.4 Å². The van der Waals surface area contributed by atoms with E-state index in [1.54, 1.807) is 12.1 Å². The van der Waals surface area contributed by atoms with Crippen molar-refractivity contribution in [3.8, 4) is 16.9 Å². The minimum atomic E-state index is -0.355. The molecule has 1 atom stereocenters. The molecular formula is C27H25ClFNO. The second-order valence-electron chi connectivity index (χ2n) is 7.69. The summed E-state index contributed by atoms with van der Waals surface area (Å²) >= 11 is 6.12. The Labute approximate surface area is 187 Å². The van der Waals surface area contributed by atoms with E-state index in [2.05, 4.69) is 42.6 Å². The average molecular weight is 434 g/mol. The summed E-state index contributed by atoms with van der Waals surface area (Å²) in [6.45, 7) is 2.96. The SMILES string of the molecule is COc1ccc(-c2cc(CCNC(C)c3cccc(Cl)c3)cc3ccccc23)cc1F. The van der Waals surface area contributed by atoms with Gasteiger partial charge in [0.1, 0.15) is 0 Å². The van der Waals surface area contributed by atoms with Crippen LogP contribution in [0.5, 0.6) is 5.75 Å². The molecule has 0 aliphatic rings. The van der Waals surface area contributed by atoms with Gasteiger partial charge in [-0.3, -0.25) is 0 Å². The summed E-state index contributed by atoms with van der Waals surface area (Å²) in [7, 11) is 1.48. The van der Waals surface area contributed by atoms with Gasteiger partial charge in [-0.25, -0.2) is 4.39 Å². The first-order chi connectivity index (χ1) is 15.0. The van der Waals surface area contributed by atoms with Gasteiger partial charge in [-0.05, 0) is 77.2 Å². The summed E-state index contributed by atoms with van der Waals surface area (Å²) < 4.78 is 19.4. The first kappa shape index (κ1) is 21.4. The highest BCUT2D eigenvalue weighted by atomic mass is 35.5. The molecule has 0 saturated heterocycles. The maximum atomic E-state index is 14.4. The van der Waals surface area contributed by atoms with Crippen LogP contribution in [0.3, 0.4) is 0 Å². The minimum absolute atomic E-state index is 0.203. The van der Waals surface area contributed by atoms with Crippen molar-refractivity contribution in [2.75, 3.05) is 13.7 Å². The van der Waals surface area contributed by atoms with Crippen molar-refractivity contribution in [3.63, 3.8) is 0 Å². The number of methoxy groups -OCH3 is 1. The molecule has 0 spiro atoms. The highest BCUT2D eigenvalue weighted by Crippen LogP contribution is 2.32. The van der Waals surface area contributed by atoms with Gasteiger partial charge in [0.25, 0.3) is 0 Å². The molecule has 0 heterocycles. The fourth-order valence-electron chi connectivity index (χ4n) is 3.92. The maximum absolute atomic E-state index is 14.4. The Bertz CT molecular complexity index is 1210. The smallest absolute Gasteiger partial charge is 0.165 e. The van der Waals surface area contributed by atoms with E-state index in [1.807, 2.05) is 36.4 Å². The molecule has 1 unspecified atom stereocenters.